The molecule has 1 aromatic carbocycles. The third-order valence-corrected chi connectivity index (χ3v) is 2.60. The van der Waals surface area contributed by atoms with Crippen LogP contribution in [0, 0.1) is 6.92 Å². The zero-order valence-corrected chi connectivity index (χ0v) is 9.43. The van der Waals surface area contributed by atoms with Crippen LogP contribution >= 0.6 is 0 Å². The Hall–Kier alpha value is -1.84. The highest BCUT2D eigenvalue weighted by atomic mass is 16.5. The van der Waals surface area contributed by atoms with Crippen LogP contribution in [-0.4, -0.2) is 22.9 Å². The molecule has 0 radical (unpaired) electrons. The maximum absolute atomic E-state index is 11.1. The van der Waals surface area contributed by atoms with Crippen molar-refractivity contribution in [1.29, 1.82) is 0 Å². The van der Waals surface area contributed by atoms with E-state index in [-0.39, 0.29) is 5.97 Å². The number of hydrogen-bond acceptors (Lipinski definition) is 3. The molecule has 4 nitrogen and oxygen atoms in total. The number of para-hydroxylation sites is 1. The third-order valence-electron chi connectivity index (χ3n) is 2.60. The molecule has 0 atom stereocenters. The number of nitrogens with zero attached hydrogens (tertiary/aromatic N) is 2. The summed E-state index contributed by atoms with van der Waals surface area (Å²) in [5, 5.41) is 5.54. The minimum Gasteiger partial charge on any atom is -0.469 e. The topological polar surface area (TPSA) is 44.1 Å². The maximum Gasteiger partial charge on any atom is 0.307 e. The van der Waals surface area contributed by atoms with Crippen molar-refractivity contribution in [1.82, 2.24) is 9.78 Å². The second-order valence-electron chi connectivity index (χ2n) is 3.65. The highest BCUT2D eigenvalue weighted by Crippen LogP contribution is 2.17. The lowest BCUT2D eigenvalue weighted by Gasteiger charge is -2.01. The van der Waals surface area contributed by atoms with Gasteiger partial charge in [-0.3, -0.25) is 9.48 Å². The van der Waals surface area contributed by atoms with Gasteiger partial charge in [-0.25, -0.2) is 0 Å². The number of benzene rings is 1. The molecule has 0 unspecified atom stereocenters. The van der Waals surface area contributed by atoms with Gasteiger partial charge >= 0.3 is 5.97 Å². The Morgan fingerprint density at radius 3 is 2.94 bits per heavy atom. The lowest BCUT2D eigenvalue weighted by molar-refractivity contribution is -0.140. The first kappa shape index (κ1) is 10.7. The minimum atomic E-state index is -0.211. The Bertz CT molecular complexity index is 517. The number of fused-ring (bicyclic) bond motifs is 1. The zero-order chi connectivity index (χ0) is 11.5. The molecule has 0 aliphatic rings. The Morgan fingerprint density at radius 1 is 1.44 bits per heavy atom. The van der Waals surface area contributed by atoms with E-state index in [1.165, 1.54) is 7.11 Å². The van der Waals surface area contributed by atoms with Gasteiger partial charge in [0.25, 0.3) is 0 Å². The fraction of sp³-hybridized carbons (Fsp3) is 0.333. The van der Waals surface area contributed by atoms with E-state index in [0.29, 0.717) is 13.0 Å². The Labute approximate surface area is 93.8 Å². The predicted octanol–water partition coefficient (Wildman–Crippen LogP) is 1.91. The molecule has 0 amide bonds. The highest BCUT2D eigenvalue weighted by Gasteiger charge is 2.07. The first-order chi connectivity index (χ1) is 7.72. The molecule has 2 aromatic rings. The first-order valence-corrected chi connectivity index (χ1v) is 5.21. The monoisotopic (exact) mass is 218 g/mol. The van der Waals surface area contributed by atoms with Crippen molar-refractivity contribution in [3.8, 4) is 0 Å². The normalized spacial score (nSPS) is 10.6. The van der Waals surface area contributed by atoms with Crippen LogP contribution in [-0.2, 0) is 16.1 Å². The van der Waals surface area contributed by atoms with Crippen LogP contribution in [0.25, 0.3) is 10.9 Å². The average molecular weight is 218 g/mol. The summed E-state index contributed by atoms with van der Waals surface area (Å²) in [6.45, 7) is 2.53. The highest BCUT2D eigenvalue weighted by molar-refractivity contribution is 5.81. The smallest absolute Gasteiger partial charge is 0.307 e. The Morgan fingerprint density at radius 2 is 2.19 bits per heavy atom. The zero-order valence-electron chi connectivity index (χ0n) is 9.43. The van der Waals surface area contributed by atoms with Crippen molar-refractivity contribution in [2.45, 2.75) is 19.9 Å². The van der Waals surface area contributed by atoms with Gasteiger partial charge in [-0.15, -0.1) is 0 Å². The standard InChI is InChI=1S/C12H14N2O2/c1-9-10-5-3-4-6-11(10)14(13-9)8-7-12(15)16-2/h3-6H,7-8H2,1-2H3. The molecular weight excluding hydrogens is 204 g/mol. The lowest BCUT2D eigenvalue weighted by atomic mass is 10.2. The van der Waals surface area contributed by atoms with Crippen LogP contribution in [0.2, 0.25) is 0 Å². The van der Waals surface area contributed by atoms with E-state index < -0.39 is 0 Å². The van der Waals surface area contributed by atoms with Gasteiger partial charge in [0.05, 0.1) is 31.3 Å². The van der Waals surface area contributed by atoms with E-state index in [9.17, 15) is 4.79 Å². The fourth-order valence-corrected chi connectivity index (χ4v) is 1.76. The van der Waals surface area contributed by atoms with Crippen LogP contribution in [0.5, 0.6) is 0 Å². The number of aryl methyl sites for hydroxylation is 2. The van der Waals surface area contributed by atoms with Crippen molar-refractivity contribution in [2.75, 3.05) is 7.11 Å². The number of aromatic nitrogens is 2. The molecule has 84 valence electrons. The van der Waals surface area contributed by atoms with Gasteiger partial charge in [0.2, 0.25) is 0 Å². The lowest BCUT2D eigenvalue weighted by Crippen LogP contribution is -2.08. The van der Waals surface area contributed by atoms with Gasteiger partial charge < -0.3 is 4.74 Å². The van der Waals surface area contributed by atoms with Gasteiger partial charge in [-0.2, -0.15) is 5.10 Å². The average Bonchev–Trinajstić information content (AvgIpc) is 2.64. The molecule has 0 saturated carbocycles. The Kier molecular flexibility index (Phi) is 2.90. The minimum absolute atomic E-state index is 0.211. The molecule has 1 heterocycles. The fourth-order valence-electron chi connectivity index (χ4n) is 1.76. The third kappa shape index (κ3) is 1.91. The van der Waals surface area contributed by atoms with Crippen LogP contribution in [0.1, 0.15) is 12.1 Å². The van der Waals surface area contributed by atoms with E-state index in [0.717, 1.165) is 16.6 Å². The van der Waals surface area contributed by atoms with Crippen LogP contribution in [0.15, 0.2) is 24.3 Å². The number of carbonyl (C=O) groups excluding carboxylic acids is 1. The molecule has 16 heavy (non-hydrogen) atoms. The first-order valence-electron chi connectivity index (χ1n) is 5.21. The summed E-state index contributed by atoms with van der Waals surface area (Å²) in [7, 11) is 1.40. The van der Waals surface area contributed by atoms with Gasteiger partial charge in [0.1, 0.15) is 0 Å². The molecule has 2 rings (SSSR count). The van der Waals surface area contributed by atoms with Gasteiger partial charge in [0, 0.05) is 5.39 Å². The molecular formula is C12H14N2O2. The number of methoxy groups -OCH3 is 1. The van der Waals surface area contributed by atoms with Gasteiger partial charge in [0.15, 0.2) is 0 Å². The molecule has 4 heteroatoms. The summed E-state index contributed by atoms with van der Waals surface area (Å²) in [6.07, 6.45) is 0.349. The van der Waals surface area contributed by atoms with Gasteiger partial charge in [-0.1, -0.05) is 18.2 Å². The van der Waals surface area contributed by atoms with Crippen LogP contribution in [0.4, 0.5) is 0 Å². The number of esters is 1. The maximum atomic E-state index is 11.1. The van der Waals surface area contributed by atoms with E-state index in [2.05, 4.69) is 9.84 Å². The Balaban J connectivity index is 2.27. The number of hydrogen-bond donors (Lipinski definition) is 0. The molecule has 0 bridgehead atoms. The summed E-state index contributed by atoms with van der Waals surface area (Å²) in [4.78, 5) is 11.1. The summed E-state index contributed by atoms with van der Waals surface area (Å²) >= 11 is 0. The van der Waals surface area contributed by atoms with Crippen molar-refractivity contribution in [3.63, 3.8) is 0 Å². The predicted molar refractivity (Wildman–Crippen MR) is 61.1 cm³/mol. The van der Waals surface area contributed by atoms with E-state index in [4.69, 9.17) is 0 Å². The molecule has 0 aliphatic carbocycles. The van der Waals surface area contributed by atoms with Crippen molar-refractivity contribution in [2.24, 2.45) is 0 Å². The second-order valence-corrected chi connectivity index (χ2v) is 3.65. The quantitative estimate of drug-likeness (QED) is 0.739. The number of carbonyl (C=O) groups is 1. The summed E-state index contributed by atoms with van der Waals surface area (Å²) in [6, 6.07) is 8.00. The summed E-state index contributed by atoms with van der Waals surface area (Å²) < 4.78 is 6.46. The van der Waals surface area contributed by atoms with E-state index in [1.54, 1.807) is 0 Å². The van der Waals surface area contributed by atoms with Crippen molar-refractivity contribution in [3.05, 3.63) is 30.0 Å². The van der Waals surface area contributed by atoms with E-state index >= 15 is 0 Å². The van der Waals surface area contributed by atoms with E-state index in [1.807, 2.05) is 35.9 Å². The van der Waals surface area contributed by atoms with Gasteiger partial charge in [-0.05, 0) is 13.0 Å². The molecule has 1 aromatic heterocycles. The van der Waals surface area contributed by atoms with Crippen LogP contribution < -0.4 is 0 Å². The largest absolute Gasteiger partial charge is 0.469 e. The number of rotatable bonds is 3. The summed E-state index contributed by atoms with van der Waals surface area (Å²) in [5.41, 5.74) is 2.05. The summed E-state index contributed by atoms with van der Waals surface area (Å²) in [5.74, 6) is -0.211. The molecule has 0 spiro atoms. The van der Waals surface area contributed by atoms with Crippen molar-refractivity contribution < 1.29 is 9.53 Å². The van der Waals surface area contributed by atoms with Crippen LogP contribution in [0.3, 0.4) is 0 Å². The van der Waals surface area contributed by atoms with Crippen molar-refractivity contribution >= 4 is 16.9 Å². The molecule has 0 fully saturated rings. The molecule has 0 saturated heterocycles. The second kappa shape index (κ2) is 4.35. The molecule has 0 N–H and O–H groups in total. The SMILES string of the molecule is COC(=O)CCn1nc(C)c2ccccc21. The molecule has 0 aliphatic heterocycles. The number of ether oxygens (including phenoxy) is 1.